The van der Waals surface area contributed by atoms with E-state index >= 15 is 0 Å². The van der Waals surface area contributed by atoms with Crippen LogP contribution in [-0.2, 0) is 11.8 Å². The van der Waals surface area contributed by atoms with Gasteiger partial charge in [-0.2, -0.15) is 0 Å². The quantitative estimate of drug-likeness (QED) is 0.859. The van der Waals surface area contributed by atoms with E-state index in [1.807, 2.05) is 45.2 Å². The summed E-state index contributed by atoms with van der Waals surface area (Å²) >= 11 is 0. The lowest BCUT2D eigenvalue weighted by molar-refractivity contribution is -0.117. The van der Waals surface area contributed by atoms with E-state index in [1.165, 1.54) is 0 Å². The molecule has 0 spiro atoms. The number of aromatic nitrogens is 3. The lowest BCUT2D eigenvalue weighted by atomic mass is 10.1. The van der Waals surface area contributed by atoms with Crippen LogP contribution in [0.15, 0.2) is 36.7 Å². The topological polar surface area (TPSA) is 69.0 Å². The van der Waals surface area contributed by atoms with Crippen LogP contribution in [0.4, 0.5) is 0 Å². The molecule has 6 nitrogen and oxygen atoms in total. The molecule has 6 heteroatoms. The van der Waals surface area contributed by atoms with Crippen LogP contribution in [-0.4, -0.2) is 27.8 Å². The molecular weight excluding hydrogens is 280 g/mol. The Balaban J connectivity index is 2.11. The van der Waals surface area contributed by atoms with E-state index < -0.39 is 0 Å². The lowest BCUT2D eigenvalue weighted by Crippen LogP contribution is -2.27. The highest BCUT2D eigenvalue weighted by molar-refractivity contribution is 5.95. The van der Waals surface area contributed by atoms with Crippen molar-refractivity contribution in [3.63, 3.8) is 0 Å². The summed E-state index contributed by atoms with van der Waals surface area (Å²) in [6.45, 7) is 3.75. The maximum absolute atomic E-state index is 12.2. The number of benzene rings is 1. The van der Waals surface area contributed by atoms with Crippen LogP contribution in [0, 0.1) is 0 Å². The summed E-state index contributed by atoms with van der Waals surface area (Å²) in [7, 11) is 3.45. The van der Waals surface area contributed by atoms with Gasteiger partial charge < -0.3 is 14.6 Å². The average Bonchev–Trinajstić information content (AvgIpc) is 2.93. The van der Waals surface area contributed by atoms with E-state index in [4.69, 9.17) is 4.74 Å². The van der Waals surface area contributed by atoms with Gasteiger partial charge in [-0.15, -0.1) is 10.2 Å². The van der Waals surface area contributed by atoms with Crippen molar-refractivity contribution in [2.24, 2.45) is 7.05 Å². The number of nitrogens with one attached hydrogen (secondary N) is 1. The van der Waals surface area contributed by atoms with Crippen molar-refractivity contribution < 1.29 is 9.53 Å². The maximum Gasteiger partial charge on any atom is 0.244 e. The predicted molar refractivity (Wildman–Crippen MR) is 84.2 cm³/mol. The number of nitrogens with zero attached hydrogens (tertiary/aromatic N) is 3. The minimum absolute atomic E-state index is 0.182. The van der Waals surface area contributed by atoms with E-state index in [0.717, 1.165) is 16.9 Å². The summed E-state index contributed by atoms with van der Waals surface area (Å²) in [5.41, 5.74) is 1.73. The summed E-state index contributed by atoms with van der Waals surface area (Å²) in [5, 5.41) is 10.7. The fourth-order valence-electron chi connectivity index (χ4n) is 2.25. The van der Waals surface area contributed by atoms with Crippen LogP contribution < -0.4 is 10.1 Å². The molecule has 22 heavy (non-hydrogen) atoms. The van der Waals surface area contributed by atoms with Crippen LogP contribution in [0.25, 0.3) is 5.57 Å². The number of carbonyl (C=O) groups is 1. The molecule has 1 aromatic heterocycles. The molecule has 1 atom stereocenters. The first kappa shape index (κ1) is 15.8. The predicted octanol–water partition coefficient (Wildman–Crippen LogP) is 2.10. The van der Waals surface area contributed by atoms with Gasteiger partial charge in [0.2, 0.25) is 5.91 Å². The van der Waals surface area contributed by atoms with Gasteiger partial charge in [0, 0.05) is 18.7 Å². The van der Waals surface area contributed by atoms with Gasteiger partial charge in [-0.25, -0.2) is 0 Å². The molecule has 0 aliphatic carbocycles. The molecule has 2 aromatic rings. The number of hydrogen-bond donors (Lipinski definition) is 1. The molecule has 0 fully saturated rings. The highest BCUT2D eigenvalue weighted by Crippen LogP contribution is 2.25. The second kappa shape index (κ2) is 6.89. The first-order valence-electron chi connectivity index (χ1n) is 6.99. The Morgan fingerprint density at radius 1 is 1.41 bits per heavy atom. The van der Waals surface area contributed by atoms with E-state index in [-0.39, 0.29) is 11.9 Å². The smallest absolute Gasteiger partial charge is 0.244 e. The van der Waals surface area contributed by atoms with Crippen LogP contribution in [0.5, 0.6) is 5.75 Å². The zero-order chi connectivity index (χ0) is 16.1. The number of ether oxygens (including phenoxy) is 1. The number of aryl methyl sites for hydroxylation is 1. The molecule has 1 heterocycles. The van der Waals surface area contributed by atoms with Crippen molar-refractivity contribution in [3.8, 4) is 5.75 Å². The first-order valence-corrected chi connectivity index (χ1v) is 6.99. The molecule has 0 unspecified atom stereocenters. The highest BCUT2D eigenvalue weighted by Gasteiger charge is 2.13. The van der Waals surface area contributed by atoms with Gasteiger partial charge in [-0.05, 0) is 25.5 Å². The largest absolute Gasteiger partial charge is 0.496 e. The van der Waals surface area contributed by atoms with E-state index in [9.17, 15) is 4.79 Å². The Kier molecular flexibility index (Phi) is 4.93. The van der Waals surface area contributed by atoms with Crippen molar-refractivity contribution in [1.82, 2.24) is 20.1 Å². The number of methoxy groups -OCH3 is 1. The third-order valence-electron chi connectivity index (χ3n) is 3.37. The number of para-hydroxylation sites is 1. The Labute approximate surface area is 129 Å². The second-order valence-corrected chi connectivity index (χ2v) is 5.06. The van der Waals surface area contributed by atoms with Crippen molar-refractivity contribution in [2.45, 2.75) is 19.9 Å². The van der Waals surface area contributed by atoms with Crippen molar-refractivity contribution in [3.05, 3.63) is 48.1 Å². The van der Waals surface area contributed by atoms with Crippen molar-refractivity contribution in [1.29, 1.82) is 0 Å². The van der Waals surface area contributed by atoms with Gasteiger partial charge in [-0.1, -0.05) is 18.2 Å². The number of allylic oxidation sites excluding steroid dienone is 1. The molecule has 0 saturated carbocycles. The molecule has 1 amide bonds. The number of rotatable bonds is 5. The van der Waals surface area contributed by atoms with E-state index in [2.05, 4.69) is 15.5 Å². The van der Waals surface area contributed by atoms with E-state index in [1.54, 1.807) is 24.1 Å². The fraction of sp³-hybridized carbons (Fsp3) is 0.312. The Hall–Kier alpha value is -2.63. The van der Waals surface area contributed by atoms with Gasteiger partial charge in [0.05, 0.1) is 13.2 Å². The van der Waals surface area contributed by atoms with Gasteiger partial charge in [0.1, 0.15) is 12.1 Å². The van der Waals surface area contributed by atoms with Crippen molar-refractivity contribution in [2.75, 3.05) is 7.11 Å². The average molecular weight is 300 g/mol. The van der Waals surface area contributed by atoms with Crippen molar-refractivity contribution >= 4 is 11.5 Å². The molecule has 116 valence electrons. The SMILES string of the molecule is COc1ccccc1/C(C)=C\C(=O)N[C@@H](C)c1nncn1C. The lowest BCUT2D eigenvalue weighted by Gasteiger charge is -2.12. The van der Waals surface area contributed by atoms with Gasteiger partial charge in [0.15, 0.2) is 5.82 Å². The third kappa shape index (κ3) is 3.52. The van der Waals surface area contributed by atoms with Gasteiger partial charge in [-0.3, -0.25) is 4.79 Å². The summed E-state index contributed by atoms with van der Waals surface area (Å²) in [6.07, 6.45) is 3.17. The molecule has 0 aliphatic rings. The molecule has 0 aliphatic heterocycles. The van der Waals surface area contributed by atoms with Crippen LogP contribution >= 0.6 is 0 Å². The van der Waals surface area contributed by atoms with Crippen LogP contribution in [0.1, 0.15) is 31.3 Å². The van der Waals surface area contributed by atoms with Gasteiger partial charge >= 0.3 is 0 Å². The summed E-state index contributed by atoms with van der Waals surface area (Å²) in [4.78, 5) is 12.2. The summed E-state index contributed by atoms with van der Waals surface area (Å²) in [5.74, 6) is 1.26. The molecule has 1 aromatic carbocycles. The molecule has 0 radical (unpaired) electrons. The third-order valence-corrected chi connectivity index (χ3v) is 3.37. The Bertz CT molecular complexity index is 691. The fourth-order valence-corrected chi connectivity index (χ4v) is 2.25. The summed E-state index contributed by atoms with van der Waals surface area (Å²) in [6, 6.07) is 7.37. The molecular formula is C16H20N4O2. The van der Waals surface area contributed by atoms with Crippen LogP contribution in [0.2, 0.25) is 0 Å². The Morgan fingerprint density at radius 2 is 2.14 bits per heavy atom. The zero-order valence-corrected chi connectivity index (χ0v) is 13.2. The molecule has 0 saturated heterocycles. The number of hydrogen-bond acceptors (Lipinski definition) is 4. The minimum Gasteiger partial charge on any atom is -0.496 e. The van der Waals surface area contributed by atoms with Crippen LogP contribution in [0.3, 0.4) is 0 Å². The first-order chi connectivity index (χ1) is 10.5. The normalized spacial score (nSPS) is 12.8. The van der Waals surface area contributed by atoms with Gasteiger partial charge in [0.25, 0.3) is 0 Å². The minimum atomic E-state index is -0.221. The molecule has 2 rings (SSSR count). The summed E-state index contributed by atoms with van der Waals surface area (Å²) < 4.78 is 7.09. The van der Waals surface area contributed by atoms with E-state index in [0.29, 0.717) is 5.82 Å². The zero-order valence-electron chi connectivity index (χ0n) is 13.2. The monoisotopic (exact) mass is 300 g/mol. The highest BCUT2D eigenvalue weighted by atomic mass is 16.5. The molecule has 0 bridgehead atoms. The second-order valence-electron chi connectivity index (χ2n) is 5.06. The number of carbonyl (C=O) groups excluding carboxylic acids is 1. The standard InChI is InChI=1S/C16H20N4O2/c1-11(13-7-5-6-8-14(13)22-4)9-15(21)18-12(2)16-19-17-10-20(16)3/h5-10,12H,1-4H3,(H,18,21)/b11-9-/t12-/m0/s1. The molecule has 1 N–H and O–H groups in total. The number of amides is 1. The Morgan fingerprint density at radius 3 is 2.77 bits per heavy atom. The maximum atomic E-state index is 12.2.